The number of amides is 1. The lowest BCUT2D eigenvalue weighted by Gasteiger charge is -2.61. The Hall–Kier alpha value is -2.26. The van der Waals surface area contributed by atoms with Crippen LogP contribution in [-0.2, 0) is 16.9 Å². The molecule has 0 N–H and O–H groups in total. The maximum atomic E-state index is 13.6. The fraction of sp³-hybridized carbons (Fsp3) is 0.630. The Bertz CT molecular complexity index is 1160. The molecular formula is C27H34BrN5O3. The summed E-state index contributed by atoms with van der Waals surface area (Å²) in [7, 11) is 0. The first-order valence-electron chi connectivity index (χ1n) is 13.2. The Morgan fingerprint density at radius 2 is 1.78 bits per heavy atom. The van der Waals surface area contributed by atoms with Crippen molar-refractivity contribution in [3.63, 3.8) is 0 Å². The zero-order valence-corrected chi connectivity index (χ0v) is 22.5. The highest BCUT2D eigenvalue weighted by atomic mass is 79.9. The molecule has 1 aliphatic heterocycles. The number of carbonyl (C=O) groups excluding carboxylic acids is 1. The molecule has 2 heterocycles. The molecule has 36 heavy (non-hydrogen) atoms. The van der Waals surface area contributed by atoms with E-state index in [1.165, 1.54) is 17.5 Å². The summed E-state index contributed by atoms with van der Waals surface area (Å²) in [5, 5.41) is 15.8. The van der Waals surface area contributed by atoms with Gasteiger partial charge in [-0.3, -0.25) is 9.69 Å². The second-order valence-corrected chi connectivity index (χ2v) is 12.9. The molecule has 5 fully saturated rings. The minimum atomic E-state index is -0.418. The molecule has 8 nitrogen and oxygen atoms in total. The Labute approximate surface area is 220 Å². The predicted octanol–water partition coefficient (Wildman–Crippen LogP) is 4.89. The van der Waals surface area contributed by atoms with E-state index in [-0.39, 0.29) is 22.7 Å². The van der Waals surface area contributed by atoms with Crippen LogP contribution in [0.1, 0.15) is 56.1 Å². The van der Waals surface area contributed by atoms with E-state index in [1.54, 1.807) is 6.20 Å². The quantitative estimate of drug-likeness (QED) is 0.374. The van der Waals surface area contributed by atoms with Crippen LogP contribution in [0.15, 0.2) is 34.9 Å². The van der Waals surface area contributed by atoms with E-state index in [9.17, 15) is 14.9 Å². The first-order chi connectivity index (χ1) is 17.2. The van der Waals surface area contributed by atoms with Crippen molar-refractivity contribution >= 4 is 27.7 Å². The Balaban J connectivity index is 1.12. The van der Waals surface area contributed by atoms with Gasteiger partial charge in [0.05, 0.1) is 16.8 Å². The van der Waals surface area contributed by atoms with Gasteiger partial charge in [-0.05, 0) is 89.1 Å². The zero-order chi connectivity index (χ0) is 25.1. The summed E-state index contributed by atoms with van der Waals surface area (Å²) in [4.78, 5) is 29.1. The van der Waals surface area contributed by atoms with Crippen LogP contribution in [0.2, 0.25) is 0 Å². The molecule has 1 saturated heterocycles. The highest BCUT2D eigenvalue weighted by molar-refractivity contribution is 9.10. The average Bonchev–Trinajstić information content (AvgIpc) is 3.23. The maximum Gasteiger partial charge on any atom is 0.404 e. The van der Waals surface area contributed by atoms with Gasteiger partial charge in [-0.25, -0.2) is 0 Å². The number of nitrogens with zero attached hydrogens (tertiary/aromatic N) is 5. The third kappa shape index (κ3) is 4.38. The van der Waals surface area contributed by atoms with Crippen LogP contribution in [0.25, 0.3) is 0 Å². The largest absolute Gasteiger partial charge is 0.404 e. The first-order valence-corrected chi connectivity index (χ1v) is 14.0. The van der Waals surface area contributed by atoms with E-state index in [0.717, 1.165) is 64.8 Å². The maximum absolute atomic E-state index is 13.6. The fourth-order valence-electron chi connectivity index (χ4n) is 8.13. The molecule has 9 heteroatoms. The summed E-state index contributed by atoms with van der Waals surface area (Å²) < 4.78 is 2.33. The van der Waals surface area contributed by atoms with Crippen LogP contribution >= 0.6 is 15.9 Å². The van der Waals surface area contributed by atoms with E-state index in [0.29, 0.717) is 22.7 Å². The molecule has 5 aliphatic rings. The highest BCUT2D eigenvalue weighted by Gasteiger charge is 2.60. The molecule has 1 aromatic heterocycles. The lowest BCUT2D eigenvalue weighted by Crippen LogP contribution is -2.58. The van der Waals surface area contributed by atoms with Gasteiger partial charge in [0.2, 0.25) is 5.91 Å². The number of hydrogen-bond acceptors (Lipinski definition) is 5. The second kappa shape index (κ2) is 8.94. The molecule has 4 bridgehead atoms. The van der Waals surface area contributed by atoms with Crippen molar-refractivity contribution in [2.75, 3.05) is 26.2 Å². The van der Waals surface area contributed by atoms with Crippen molar-refractivity contribution in [1.29, 1.82) is 0 Å². The van der Waals surface area contributed by atoms with Crippen LogP contribution in [0.3, 0.4) is 0 Å². The molecule has 192 valence electrons. The van der Waals surface area contributed by atoms with Gasteiger partial charge >= 0.3 is 5.82 Å². The Morgan fingerprint density at radius 1 is 1.11 bits per heavy atom. The van der Waals surface area contributed by atoms with E-state index >= 15 is 0 Å². The molecule has 0 radical (unpaired) electrons. The number of aromatic nitrogens is 2. The molecule has 7 rings (SSSR count). The molecule has 0 spiro atoms. The lowest BCUT2D eigenvalue weighted by molar-refractivity contribution is -0.390. The van der Waals surface area contributed by atoms with Gasteiger partial charge in [0.1, 0.15) is 4.47 Å². The number of carbonyl (C=O) groups is 1. The Morgan fingerprint density at radius 3 is 2.39 bits per heavy atom. The van der Waals surface area contributed by atoms with E-state index in [1.807, 2.05) is 4.68 Å². The number of aryl methyl sites for hydroxylation is 1. The fourth-order valence-corrected chi connectivity index (χ4v) is 8.54. The zero-order valence-electron chi connectivity index (χ0n) is 20.9. The molecule has 2 atom stereocenters. The summed E-state index contributed by atoms with van der Waals surface area (Å²) in [6.07, 6.45) is 8.77. The SMILES string of the molecule is Cc1ccc(CN2CCN(C(=O)CC34CC5CC(C3)CC(n3cc(Br)c([N+](=O)[O-])n3)(C5)C4)CC2)cc1. The van der Waals surface area contributed by atoms with E-state index in [4.69, 9.17) is 0 Å². The van der Waals surface area contributed by atoms with Crippen molar-refractivity contribution in [1.82, 2.24) is 19.6 Å². The number of benzene rings is 1. The Kier molecular flexibility index (Phi) is 5.98. The summed E-state index contributed by atoms with van der Waals surface area (Å²) >= 11 is 3.34. The van der Waals surface area contributed by atoms with E-state index < -0.39 is 4.92 Å². The van der Waals surface area contributed by atoms with Crippen LogP contribution < -0.4 is 0 Å². The molecule has 1 aromatic carbocycles. The summed E-state index contributed by atoms with van der Waals surface area (Å²) in [6.45, 7) is 6.44. The molecule has 2 aromatic rings. The topological polar surface area (TPSA) is 84.5 Å². The van der Waals surface area contributed by atoms with Gasteiger partial charge in [-0.2, -0.15) is 4.68 Å². The summed E-state index contributed by atoms with van der Waals surface area (Å²) in [5.74, 6) is 1.33. The molecular weight excluding hydrogens is 522 g/mol. The molecule has 1 amide bonds. The predicted molar refractivity (Wildman–Crippen MR) is 139 cm³/mol. The minimum absolute atomic E-state index is 0.00654. The lowest BCUT2D eigenvalue weighted by atomic mass is 9.46. The third-order valence-corrected chi connectivity index (χ3v) is 9.80. The van der Waals surface area contributed by atoms with Crippen LogP contribution in [0.5, 0.6) is 0 Å². The van der Waals surface area contributed by atoms with Crippen LogP contribution in [-0.4, -0.2) is 56.6 Å². The van der Waals surface area contributed by atoms with Crippen molar-refractivity contribution in [3.05, 3.63) is 56.2 Å². The number of nitro groups is 1. The standard InChI is InChI=1S/C27H34BrN5O3/c1-19-2-4-20(5-3-19)16-30-6-8-31(9-7-30)24(34)15-26-11-21-10-22(12-26)14-27(13-21,18-26)32-17-23(28)25(29-32)33(35)36/h2-5,17,21-22H,6-16,18H2,1H3. The summed E-state index contributed by atoms with van der Waals surface area (Å²) in [6, 6.07) is 8.71. The summed E-state index contributed by atoms with van der Waals surface area (Å²) in [5.41, 5.74) is 2.39. The van der Waals surface area contributed by atoms with E-state index in [2.05, 4.69) is 62.0 Å². The van der Waals surface area contributed by atoms with Crippen molar-refractivity contribution < 1.29 is 9.72 Å². The first kappa shape index (κ1) is 24.1. The number of hydrogen-bond donors (Lipinski definition) is 0. The number of piperazine rings is 1. The van der Waals surface area contributed by atoms with Gasteiger partial charge < -0.3 is 15.0 Å². The van der Waals surface area contributed by atoms with Crippen molar-refractivity contribution in [3.8, 4) is 0 Å². The van der Waals surface area contributed by atoms with Gasteiger partial charge in [-0.1, -0.05) is 29.8 Å². The number of halogens is 1. The molecule has 4 aliphatic carbocycles. The van der Waals surface area contributed by atoms with Gasteiger partial charge in [0.25, 0.3) is 0 Å². The third-order valence-electron chi connectivity index (χ3n) is 9.24. The minimum Gasteiger partial charge on any atom is -0.358 e. The molecule has 4 saturated carbocycles. The van der Waals surface area contributed by atoms with Crippen molar-refractivity contribution in [2.45, 2.75) is 64.0 Å². The second-order valence-electron chi connectivity index (χ2n) is 12.0. The highest BCUT2D eigenvalue weighted by Crippen LogP contribution is 2.65. The van der Waals surface area contributed by atoms with Gasteiger partial charge in [0.15, 0.2) is 0 Å². The smallest absolute Gasteiger partial charge is 0.358 e. The van der Waals surface area contributed by atoms with Crippen molar-refractivity contribution in [2.24, 2.45) is 17.3 Å². The normalized spacial score (nSPS) is 31.7. The van der Waals surface area contributed by atoms with Crippen LogP contribution in [0, 0.1) is 34.3 Å². The van der Waals surface area contributed by atoms with Crippen LogP contribution in [0.4, 0.5) is 5.82 Å². The van der Waals surface area contributed by atoms with Gasteiger partial charge in [-0.15, -0.1) is 0 Å². The van der Waals surface area contributed by atoms with Gasteiger partial charge in [0, 0.05) is 39.1 Å². The molecule has 2 unspecified atom stereocenters. The number of rotatable bonds is 6. The average molecular weight is 557 g/mol. The monoisotopic (exact) mass is 555 g/mol.